The quantitative estimate of drug-likeness (QED) is 0.691. The second-order valence-corrected chi connectivity index (χ2v) is 9.08. The summed E-state index contributed by atoms with van der Waals surface area (Å²) in [5.74, 6) is 1.87. The van der Waals surface area contributed by atoms with E-state index in [2.05, 4.69) is 22.4 Å². The van der Waals surface area contributed by atoms with Gasteiger partial charge < -0.3 is 4.90 Å². The number of benzene rings is 1. The van der Waals surface area contributed by atoms with E-state index in [4.69, 9.17) is 0 Å². The highest BCUT2D eigenvalue weighted by molar-refractivity contribution is 7.97. The molecule has 0 saturated heterocycles. The van der Waals surface area contributed by atoms with E-state index in [1.165, 1.54) is 73.5 Å². The molecule has 1 amide bonds. The molecule has 1 aromatic heterocycles. The topological polar surface area (TPSA) is 25.2 Å². The fourth-order valence-electron chi connectivity index (χ4n) is 5.26. The van der Waals surface area contributed by atoms with Crippen molar-refractivity contribution in [2.75, 3.05) is 19.8 Å². The molecule has 1 atom stereocenters. The highest BCUT2D eigenvalue weighted by Gasteiger charge is 2.31. The van der Waals surface area contributed by atoms with Crippen molar-refractivity contribution in [2.24, 2.45) is 11.8 Å². The van der Waals surface area contributed by atoms with Gasteiger partial charge in [0.1, 0.15) is 0 Å². The van der Waals surface area contributed by atoms with Gasteiger partial charge in [-0.3, -0.25) is 8.77 Å². The van der Waals surface area contributed by atoms with Crippen molar-refractivity contribution in [2.45, 2.75) is 58.3 Å². The Morgan fingerprint density at radius 3 is 2.67 bits per heavy atom. The summed E-state index contributed by atoms with van der Waals surface area (Å²) in [6, 6.07) is 6.34. The van der Waals surface area contributed by atoms with Crippen molar-refractivity contribution in [1.29, 1.82) is 0 Å². The molecule has 0 N–H and O–H groups in total. The molecule has 4 heteroatoms. The zero-order valence-electron chi connectivity index (χ0n) is 17.0. The van der Waals surface area contributed by atoms with Crippen molar-refractivity contribution in [3.8, 4) is 0 Å². The van der Waals surface area contributed by atoms with E-state index in [0.29, 0.717) is 0 Å². The van der Waals surface area contributed by atoms with Gasteiger partial charge in [0.15, 0.2) is 0 Å². The van der Waals surface area contributed by atoms with E-state index >= 15 is 0 Å². The number of aromatic nitrogens is 1. The van der Waals surface area contributed by atoms with Crippen LogP contribution in [0.4, 0.5) is 0 Å². The molecule has 4 rings (SSSR count). The SMILES string of the molecule is CCN(C)C(=O)c1ccc2c(c1)c1c(n2SC)CCC(C2CCCCC2)C1. The number of nitrogens with zero attached hydrogens (tertiary/aromatic N) is 2. The van der Waals surface area contributed by atoms with E-state index in [1.807, 2.05) is 20.0 Å². The summed E-state index contributed by atoms with van der Waals surface area (Å²) in [6.07, 6.45) is 13.0. The van der Waals surface area contributed by atoms with Crippen molar-refractivity contribution in [3.63, 3.8) is 0 Å². The second-order valence-electron chi connectivity index (χ2n) is 8.35. The van der Waals surface area contributed by atoms with Gasteiger partial charge in [-0.05, 0) is 73.7 Å². The Labute approximate surface area is 167 Å². The Hall–Kier alpha value is -1.42. The summed E-state index contributed by atoms with van der Waals surface area (Å²) in [6.45, 7) is 2.77. The number of carbonyl (C=O) groups excluding carboxylic acids is 1. The molecule has 2 aliphatic rings. The van der Waals surface area contributed by atoms with Crippen LogP contribution < -0.4 is 0 Å². The molecule has 0 bridgehead atoms. The fraction of sp³-hybridized carbons (Fsp3) is 0.609. The van der Waals surface area contributed by atoms with Crippen LogP contribution in [0.2, 0.25) is 0 Å². The normalized spacial score (nSPS) is 20.6. The van der Waals surface area contributed by atoms with Gasteiger partial charge in [0.25, 0.3) is 5.91 Å². The van der Waals surface area contributed by atoms with Crippen LogP contribution in [-0.4, -0.2) is 34.6 Å². The standard InChI is InChI=1S/C23H32N2OS/c1-4-24(2)23(26)18-11-13-22-20(15-18)19-14-17(16-8-6-5-7-9-16)10-12-21(19)25(22)27-3/h11,13,15-17H,4-10,12,14H2,1-3H3. The first-order valence-electron chi connectivity index (χ1n) is 10.6. The molecular weight excluding hydrogens is 352 g/mol. The summed E-state index contributed by atoms with van der Waals surface area (Å²) in [7, 11) is 1.88. The molecule has 1 saturated carbocycles. The summed E-state index contributed by atoms with van der Waals surface area (Å²) in [4.78, 5) is 14.5. The van der Waals surface area contributed by atoms with Crippen LogP contribution >= 0.6 is 11.9 Å². The first-order chi connectivity index (χ1) is 13.1. The van der Waals surface area contributed by atoms with Gasteiger partial charge in [-0.1, -0.05) is 32.1 Å². The summed E-state index contributed by atoms with van der Waals surface area (Å²) in [5, 5.41) is 1.32. The third-order valence-corrected chi connectivity index (χ3v) is 7.70. The van der Waals surface area contributed by atoms with Crippen LogP contribution in [0.5, 0.6) is 0 Å². The third kappa shape index (κ3) is 3.41. The van der Waals surface area contributed by atoms with Crippen LogP contribution in [0.15, 0.2) is 18.2 Å². The van der Waals surface area contributed by atoms with E-state index in [9.17, 15) is 4.79 Å². The van der Waals surface area contributed by atoms with Crippen molar-refractivity contribution in [3.05, 3.63) is 35.0 Å². The molecule has 1 heterocycles. The van der Waals surface area contributed by atoms with Crippen LogP contribution in [0.3, 0.4) is 0 Å². The average molecular weight is 385 g/mol. The Morgan fingerprint density at radius 1 is 1.19 bits per heavy atom. The van der Waals surface area contributed by atoms with Gasteiger partial charge in [0.05, 0.1) is 5.52 Å². The maximum Gasteiger partial charge on any atom is 0.253 e. The number of carbonyl (C=O) groups is 1. The molecule has 2 aromatic rings. The molecule has 1 unspecified atom stereocenters. The van der Waals surface area contributed by atoms with Crippen LogP contribution in [0.1, 0.15) is 67.1 Å². The minimum Gasteiger partial charge on any atom is -0.342 e. The lowest BCUT2D eigenvalue weighted by Gasteiger charge is -2.33. The molecule has 0 radical (unpaired) electrons. The maximum atomic E-state index is 12.7. The summed E-state index contributed by atoms with van der Waals surface area (Å²) < 4.78 is 2.42. The van der Waals surface area contributed by atoms with Gasteiger partial charge >= 0.3 is 0 Å². The monoisotopic (exact) mass is 384 g/mol. The van der Waals surface area contributed by atoms with Gasteiger partial charge in [0.2, 0.25) is 0 Å². The highest BCUT2D eigenvalue weighted by atomic mass is 32.2. The van der Waals surface area contributed by atoms with E-state index in [1.54, 1.807) is 16.8 Å². The average Bonchev–Trinajstić information content (AvgIpc) is 3.05. The predicted octanol–water partition coefficient (Wildman–Crippen LogP) is 5.54. The smallest absolute Gasteiger partial charge is 0.253 e. The molecular formula is C23H32N2OS. The molecule has 1 aromatic carbocycles. The molecule has 0 aliphatic heterocycles. The number of hydrogen-bond acceptors (Lipinski definition) is 2. The summed E-state index contributed by atoms with van der Waals surface area (Å²) >= 11 is 1.80. The Bertz CT molecular complexity index is 835. The summed E-state index contributed by atoms with van der Waals surface area (Å²) in [5.41, 5.74) is 5.13. The molecule has 27 heavy (non-hydrogen) atoms. The van der Waals surface area contributed by atoms with Crippen molar-refractivity contribution >= 4 is 28.8 Å². The lowest BCUT2D eigenvalue weighted by Crippen LogP contribution is -2.26. The largest absolute Gasteiger partial charge is 0.342 e. The Morgan fingerprint density at radius 2 is 1.96 bits per heavy atom. The van der Waals surface area contributed by atoms with Gasteiger partial charge in [-0.25, -0.2) is 0 Å². The van der Waals surface area contributed by atoms with Crippen molar-refractivity contribution in [1.82, 2.24) is 8.87 Å². The minimum atomic E-state index is 0.129. The Balaban J connectivity index is 1.73. The van der Waals surface area contributed by atoms with Crippen LogP contribution in [0.25, 0.3) is 10.9 Å². The maximum absolute atomic E-state index is 12.7. The lowest BCUT2D eigenvalue weighted by molar-refractivity contribution is 0.0802. The first kappa shape index (κ1) is 18.9. The van der Waals surface area contributed by atoms with Crippen LogP contribution in [0, 0.1) is 11.8 Å². The Kier molecular flexibility index (Phi) is 5.54. The third-order valence-electron chi connectivity index (χ3n) is 6.92. The van der Waals surface area contributed by atoms with Crippen LogP contribution in [-0.2, 0) is 12.8 Å². The number of fused-ring (bicyclic) bond motifs is 3. The molecule has 146 valence electrons. The van der Waals surface area contributed by atoms with Crippen molar-refractivity contribution < 1.29 is 4.79 Å². The zero-order chi connectivity index (χ0) is 19.0. The van der Waals surface area contributed by atoms with E-state index in [0.717, 1.165) is 23.9 Å². The number of hydrogen-bond donors (Lipinski definition) is 0. The first-order valence-corrected chi connectivity index (χ1v) is 11.8. The molecule has 0 spiro atoms. The molecule has 2 aliphatic carbocycles. The lowest BCUT2D eigenvalue weighted by atomic mass is 9.72. The number of amides is 1. The van der Waals surface area contributed by atoms with E-state index in [-0.39, 0.29) is 5.91 Å². The fourth-order valence-corrected chi connectivity index (χ4v) is 6.04. The minimum absolute atomic E-state index is 0.129. The van der Waals surface area contributed by atoms with Gasteiger partial charge in [-0.15, -0.1) is 0 Å². The molecule has 1 fully saturated rings. The zero-order valence-corrected chi connectivity index (χ0v) is 17.8. The number of rotatable bonds is 4. The highest BCUT2D eigenvalue weighted by Crippen LogP contribution is 2.42. The van der Waals surface area contributed by atoms with Gasteiger partial charge in [0, 0.05) is 36.5 Å². The van der Waals surface area contributed by atoms with E-state index < -0.39 is 0 Å². The predicted molar refractivity (Wildman–Crippen MR) is 116 cm³/mol. The molecule has 3 nitrogen and oxygen atoms in total. The van der Waals surface area contributed by atoms with Gasteiger partial charge in [-0.2, -0.15) is 0 Å². The second kappa shape index (κ2) is 7.90.